The van der Waals surface area contributed by atoms with Gasteiger partial charge in [-0.25, -0.2) is 10.8 Å². The smallest absolute Gasteiger partial charge is 0.223 e. The Balaban J connectivity index is 1.94. The van der Waals surface area contributed by atoms with Crippen molar-refractivity contribution in [3.63, 3.8) is 0 Å². The van der Waals surface area contributed by atoms with E-state index in [4.69, 9.17) is 11.6 Å². The van der Waals surface area contributed by atoms with E-state index in [9.17, 15) is 0 Å². The molecule has 7 heteroatoms. The number of nitrogen functional groups attached to an aromatic ring is 2. The number of nitrogens with two attached hydrogens (primary N) is 2. The van der Waals surface area contributed by atoms with Crippen molar-refractivity contribution >= 4 is 34.4 Å². The van der Waals surface area contributed by atoms with Gasteiger partial charge in [0, 0.05) is 17.0 Å². The summed E-state index contributed by atoms with van der Waals surface area (Å²) in [4.78, 5) is 11.4. The van der Waals surface area contributed by atoms with E-state index < -0.39 is 0 Å². The highest BCUT2D eigenvalue weighted by Gasteiger charge is 2.06. The molecular weight excluding hydrogens is 260 g/mol. The highest BCUT2D eigenvalue weighted by Crippen LogP contribution is 2.29. The Morgan fingerprint density at radius 2 is 2.00 bits per heavy atom. The maximum Gasteiger partial charge on any atom is 0.223 e. The molecule has 6 nitrogen and oxygen atoms in total. The number of para-hydroxylation sites is 1. The highest BCUT2D eigenvalue weighted by molar-refractivity contribution is 7.99. The molecule has 0 aliphatic carbocycles. The van der Waals surface area contributed by atoms with Gasteiger partial charge in [-0.05, 0) is 12.1 Å². The van der Waals surface area contributed by atoms with Gasteiger partial charge in [0.15, 0.2) is 0 Å². The number of fused-ring (bicyclic) bond motifs is 1. The first kappa shape index (κ1) is 11.8. The number of hydrogen-bond acceptors (Lipinski definition) is 6. The van der Waals surface area contributed by atoms with E-state index >= 15 is 0 Å². The van der Waals surface area contributed by atoms with Crippen LogP contribution in [0.4, 0.5) is 11.8 Å². The number of benzene rings is 1. The van der Waals surface area contributed by atoms with Crippen molar-refractivity contribution in [2.45, 2.75) is 10.1 Å². The van der Waals surface area contributed by atoms with Crippen LogP contribution in [0, 0.1) is 0 Å². The number of aromatic nitrogens is 3. The van der Waals surface area contributed by atoms with Crippen LogP contribution < -0.4 is 17.0 Å². The van der Waals surface area contributed by atoms with Crippen LogP contribution in [0.15, 0.2) is 46.5 Å². The lowest BCUT2D eigenvalue weighted by Crippen LogP contribution is -2.10. The van der Waals surface area contributed by atoms with Crippen molar-refractivity contribution in [2.24, 2.45) is 5.84 Å². The molecule has 0 amide bonds. The number of rotatable bonds is 3. The molecular formula is C12H12N6S. The lowest BCUT2D eigenvalue weighted by molar-refractivity contribution is 1.05. The number of nitrogens with one attached hydrogen (secondary N) is 2. The highest BCUT2D eigenvalue weighted by atomic mass is 32.2. The Kier molecular flexibility index (Phi) is 2.98. The van der Waals surface area contributed by atoms with E-state index in [-0.39, 0.29) is 5.95 Å². The minimum atomic E-state index is 0.189. The predicted molar refractivity (Wildman–Crippen MR) is 76.7 cm³/mol. The molecule has 3 aromatic rings. The molecule has 2 aromatic heterocycles. The van der Waals surface area contributed by atoms with Crippen LogP contribution in [0.5, 0.6) is 0 Å². The summed E-state index contributed by atoms with van der Waals surface area (Å²) in [6.45, 7) is 0. The third-order valence-corrected chi connectivity index (χ3v) is 3.45. The van der Waals surface area contributed by atoms with Gasteiger partial charge in [0.1, 0.15) is 10.8 Å². The Morgan fingerprint density at radius 1 is 1.16 bits per heavy atom. The molecule has 0 fully saturated rings. The number of aromatic amines is 1. The molecule has 0 aliphatic heterocycles. The van der Waals surface area contributed by atoms with Crippen molar-refractivity contribution < 1.29 is 0 Å². The Hall–Kier alpha value is -2.25. The van der Waals surface area contributed by atoms with Crippen LogP contribution in [0.3, 0.4) is 0 Å². The molecule has 0 radical (unpaired) electrons. The van der Waals surface area contributed by atoms with Gasteiger partial charge >= 0.3 is 0 Å². The number of nitrogens with zero attached hydrogens (tertiary/aromatic N) is 2. The van der Waals surface area contributed by atoms with Gasteiger partial charge in [-0.3, -0.25) is 0 Å². The molecule has 0 atom stereocenters. The number of H-pyrrole nitrogens is 1. The maximum absolute atomic E-state index is 5.62. The lowest BCUT2D eigenvalue weighted by atomic mass is 10.3. The zero-order valence-corrected chi connectivity index (χ0v) is 10.7. The summed E-state index contributed by atoms with van der Waals surface area (Å²) >= 11 is 1.47. The van der Waals surface area contributed by atoms with E-state index in [0.29, 0.717) is 5.82 Å². The summed E-state index contributed by atoms with van der Waals surface area (Å²) in [6.07, 6.45) is 0. The fraction of sp³-hybridized carbons (Fsp3) is 0. The first-order chi connectivity index (χ1) is 9.24. The lowest BCUT2D eigenvalue weighted by Gasteiger charge is -2.03. The predicted octanol–water partition coefficient (Wildman–Crippen LogP) is 1.98. The molecule has 0 saturated heterocycles. The molecule has 19 heavy (non-hydrogen) atoms. The molecule has 0 saturated carbocycles. The Bertz CT molecular complexity index is 690. The number of anilines is 2. The molecule has 3 rings (SSSR count). The number of hydrogen-bond donors (Lipinski definition) is 4. The molecule has 0 aliphatic rings. The van der Waals surface area contributed by atoms with E-state index in [1.54, 1.807) is 6.07 Å². The Labute approximate surface area is 113 Å². The minimum absolute atomic E-state index is 0.189. The maximum atomic E-state index is 5.62. The summed E-state index contributed by atoms with van der Waals surface area (Å²) in [5, 5.41) is 2.87. The third kappa shape index (κ3) is 2.47. The fourth-order valence-electron chi connectivity index (χ4n) is 1.78. The van der Waals surface area contributed by atoms with Crippen LogP contribution in [0.25, 0.3) is 10.9 Å². The second-order valence-corrected chi connectivity index (χ2v) is 4.98. The first-order valence-electron chi connectivity index (χ1n) is 5.61. The van der Waals surface area contributed by atoms with E-state index in [1.165, 1.54) is 11.8 Å². The van der Waals surface area contributed by atoms with Gasteiger partial charge < -0.3 is 16.1 Å². The molecule has 2 heterocycles. The first-order valence-corrected chi connectivity index (χ1v) is 6.43. The monoisotopic (exact) mass is 272 g/mol. The zero-order chi connectivity index (χ0) is 13.2. The fourth-order valence-corrected chi connectivity index (χ4v) is 2.67. The van der Waals surface area contributed by atoms with Crippen molar-refractivity contribution in [1.82, 2.24) is 15.0 Å². The van der Waals surface area contributed by atoms with Crippen molar-refractivity contribution in [1.29, 1.82) is 0 Å². The SMILES string of the molecule is NNc1cc(Sc2cc3ccccc3[nH]2)nc(N)n1. The van der Waals surface area contributed by atoms with Gasteiger partial charge in [-0.2, -0.15) is 4.98 Å². The molecule has 1 aromatic carbocycles. The van der Waals surface area contributed by atoms with Gasteiger partial charge in [0.2, 0.25) is 5.95 Å². The largest absolute Gasteiger partial charge is 0.368 e. The third-order valence-electron chi connectivity index (χ3n) is 2.59. The summed E-state index contributed by atoms with van der Waals surface area (Å²) in [5.41, 5.74) is 9.18. The second-order valence-electron chi connectivity index (χ2n) is 3.92. The summed E-state index contributed by atoms with van der Waals surface area (Å²) in [5.74, 6) is 6.01. The van der Waals surface area contributed by atoms with Gasteiger partial charge in [0.25, 0.3) is 0 Å². The normalized spacial score (nSPS) is 10.8. The quantitative estimate of drug-likeness (QED) is 0.330. The average Bonchev–Trinajstić information content (AvgIpc) is 2.80. The summed E-state index contributed by atoms with van der Waals surface area (Å²) in [6, 6.07) is 11.9. The summed E-state index contributed by atoms with van der Waals surface area (Å²) in [7, 11) is 0. The van der Waals surface area contributed by atoms with Crippen molar-refractivity contribution in [3.05, 3.63) is 36.4 Å². The van der Waals surface area contributed by atoms with E-state index in [0.717, 1.165) is 21.0 Å². The van der Waals surface area contributed by atoms with Crippen LogP contribution >= 0.6 is 11.8 Å². The number of hydrazine groups is 1. The van der Waals surface area contributed by atoms with Gasteiger partial charge in [-0.15, -0.1) is 0 Å². The van der Waals surface area contributed by atoms with E-state index in [2.05, 4.69) is 32.5 Å². The van der Waals surface area contributed by atoms with Crippen LogP contribution in [0.2, 0.25) is 0 Å². The topological polar surface area (TPSA) is 106 Å². The second kappa shape index (κ2) is 4.79. The average molecular weight is 272 g/mol. The van der Waals surface area contributed by atoms with Crippen LogP contribution in [-0.2, 0) is 0 Å². The molecule has 0 spiro atoms. The molecule has 0 bridgehead atoms. The molecule has 6 N–H and O–H groups in total. The zero-order valence-electron chi connectivity index (χ0n) is 9.92. The van der Waals surface area contributed by atoms with Gasteiger partial charge in [0.05, 0.1) is 5.03 Å². The Morgan fingerprint density at radius 3 is 2.79 bits per heavy atom. The molecule has 96 valence electrons. The van der Waals surface area contributed by atoms with Gasteiger partial charge in [-0.1, -0.05) is 30.0 Å². The summed E-state index contributed by atoms with van der Waals surface area (Å²) < 4.78 is 0. The van der Waals surface area contributed by atoms with Crippen LogP contribution in [0.1, 0.15) is 0 Å². The van der Waals surface area contributed by atoms with Crippen molar-refractivity contribution in [2.75, 3.05) is 11.2 Å². The standard InChI is InChI=1S/C12H12N6S/c13-12-16-9(18-14)6-11(17-12)19-10-5-7-3-1-2-4-8(7)15-10/h1-6,15H,14H2,(H3,13,16,17,18). The van der Waals surface area contributed by atoms with Crippen molar-refractivity contribution in [3.8, 4) is 0 Å². The van der Waals surface area contributed by atoms with E-state index in [1.807, 2.05) is 18.2 Å². The molecule has 0 unspecified atom stereocenters. The van der Waals surface area contributed by atoms with Crippen LogP contribution in [-0.4, -0.2) is 15.0 Å². The minimum Gasteiger partial charge on any atom is -0.368 e.